The average Bonchev–Trinajstić information content (AvgIpc) is 3.04. The molecule has 47 heavy (non-hydrogen) atoms. The molecule has 0 spiro atoms. The first-order valence-electron chi connectivity index (χ1n) is 20.5. The summed E-state index contributed by atoms with van der Waals surface area (Å²) in [4.78, 5) is 35.6. The molecule has 5 rings (SSSR count). The van der Waals surface area contributed by atoms with Crippen LogP contribution in [0, 0.1) is 57.7 Å². The first-order valence-corrected chi connectivity index (χ1v) is 20.5. The Labute approximate surface area is 295 Å². The Balaban J connectivity index is 0.000000661. The van der Waals surface area contributed by atoms with Crippen molar-refractivity contribution in [1.82, 2.24) is 0 Å². The standard InChI is InChI=1S/C17H28O.C13H24O.C10H20O.2C2H6/c1-4-11(2)16(18)10-17(3)14-6-12-5-13(8-14)9-15(17)7-12;1-4-11(2)12(14)10-13(3)8-6-5-7-9-13;1-6-8(2)9(11)7-10(3,4)5;2*1-2/h11-15H,4-10H2,1-3H3;11H,4-10H2,1-3H3;8H,6-7H2,1-5H3;2*1-2H3. The number of carbonyl (C=O) groups excluding carboxylic acids is 3. The summed E-state index contributed by atoms with van der Waals surface area (Å²) in [5, 5.41) is 0. The molecule has 5 saturated carbocycles. The fourth-order valence-electron chi connectivity index (χ4n) is 8.66. The molecule has 0 aliphatic heterocycles. The van der Waals surface area contributed by atoms with Crippen LogP contribution in [-0.4, -0.2) is 17.3 Å². The van der Waals surface area contributed by atoms with Crippen molar-refractivity contribution in [2.45, 2.75) is 207 Å². The monoisotopic (exact) mass is 661 g/mol. The van der Waals surface area contributed by atoms with Crippen molar-refractivity contribution in [2.75, 3.05) is 0 Å². The molecule has 0 aromatic carbocycles. The Kier molecular flexibility index (Phi) is 21.5. The van der Waals surface area contributed by atoms with E-state index in [-0.39, 0.29) is 23.2 Å². The molecular weight excluding hydrogens is 576 g/mol. The molecule has 0 heterocycles. The Morgan fingerprint density at radius 1 is 0.596 bits per heavy atom. The molecule has 0 aromatic rings. The van der Waals surface area contributed by atoms with Crippen molar-refractivity contribution in [3.05, 3.63) is 0 Å². The minimum Gasteiger partial charge on any atom is -0.299 e. The maximum absolute atomic E-state index is 12.4. The molecule has 278 valence electrons. The summed E-state index contributed by atoms with van der Waals surface area (Å²) in [6, 6.07) is 0. The molecule has 0 amide bonds. The third-order valence-corrected chi connectivity index (χ3v) is 12.4. The quantitative estimate of drug-likeness (QED) is 0.222. The Morgan fingerprint density at radius 2 is 0.957 bits per heavy atom. The van der Waals surface area contributed by atoms with Crippen LogP contribution in [0.5, 0.6) is 0 Å². The molecule has 5 aliphatic carbocycles. The van der Waals surface area contributed by atoms with E-state index in [1.54, 1.807) is 0 Å². The molecular formula is C44H84O3. The van der Waals surface area contributed by atoms with Gasteiger partial charge < -0.3 is 0 Å². The summed E-state index contributed by atoms with van der Waals surface area (Å²) < 4.78 is 0. The van der Waals surface area contributed by atoms with Crippen molar-refractivity contribution >= 4 is 17.3 Å². The first-order chi connectivity index (χ1) is 22.0. The van der Waals surface area contributed by atoms with Crippen LogP contribution in [0.1, 0.15) is 207 Å². The highest BCUT2D eigenvalue weighted by Crippen LogP contribution is 2.63. The van der Waals surface area contributed by atoms with Crippen molar-refractivity contribution in [1.29, 1.82) is 0 Å². The van der Waals surface area contributed by atoms with E-state index in [0.29, 0.717) is 34.6 Å². The predicted octanol–water partition coefficient (Wildman–Crippen LogP) is 13.5. The van der Waals surface area contributed by atoms with Gasteiger partial charge in [-0.05, 0) is 104 Å². The number of carbonyl (C=O) groups is 3. The van der Waals surface area contributed by atoms with Crippen molar-refractivity contribution in [2.24, 2.45) is 57.7 Å². The van der Waals surface area contributed by atoms with Gasteiger partial charge in [0.2, 0.25) is 0 Å². The van der Waals surface area contributed by atoms with E-state index < -0.39 is 0 Å². The molecule has 3 heteroatoms. The lowest BCUT2D eigenvalue weighted by Crippen LogP contribution is -2.52. The maximum Gasteiger partial charge on any atom is 0.136 e. The zero-order chi connectivity index (χ0) is 36.6. The van der Waals surface area contributed by atoms with Crippen molar-refractivity contribution in [3.63, 3.8) is 0 Å². The van der Waals surface area contributed by atoms with Crippen LogP contribution < -0.4 is 0 Å². The van der Waals surface area contributed by atoms with Crippen LogP contribution in [0.3, 0.4) is 0 Å². The van der Waals surface area contributed by atoms with Gasteiger partial charge in [0.1, 0.15) is 17.3 Å². The summed E-state index contributed by atoms with van der Waals surface area (Å²) in [6.45, 7) is 31.5. The first kappa shape index (κ1) is 46.0. The fraction of sp³-hybridized carbons (Fsp3) is 0.932. The van der Waals surface area contributed by atoms with E-state index in [1.807, 2.05) is 34.6 Å². The van der Waals surface area contributed by atoms with E-state index in [0.717, 1.165) is 55.8 Å². The molecule has 3 unspecified atom stereocenters. The molecule has 4 bridgehead atoms. The van der Waals surface area contributed by atoms with Gasteiger partial charge >= 0.3 is 0 Å². The Morgan fingerprint density at radius 3 is 1.32 bits per heavy atom. The Bertz CT molecular complexity index is 858. The smallest absolute Gasteiger partial charge is 0.136 e. The lowest BCUT2D eigenvalue weighted by atomic mass is 9.45. The normalized spacial score (nSPS) is 28.7. The van der Waals surface area contributed by atoms with Gasteiger partial charge in [0, 0.05) is 37.0 Å². The van der Waals surface area contributed by atoms with Gasteiger partial charge in [-0.15, -0.1) is 0 Å². The van der Waals surface area contributed by atoms with Gasteiger partial charge in [-0.1, -0.05) is 123 Å². The third kappa shape index (κ3) is 15.2. The van der Waals surface area contributed by atoms with Crippen LogP contribution in [-0.2, 0) is 14.4 Å². The average molecular weight is 661 g/mol. The Hall–Kier alpha value is -0.990. The van der Waals surface area contributed by atoms with E-state index in [4.69, 9.17) is 0 Å². The molecule has 5 aliphatic rings. The van der Waals surface area contributed by atoms with E-state index >= 15 is 0 Å². The second kappa shape index (κ2) is 22.0. The lowest BCUT2D eigenvalue weighted by Gasteiger charge is -2.60. The number of rotatable bonds is 11. The van der Waals surface area contributed by atoms with Gasteiger partial charge in [0.25, 0.3) is 0 Å². The lowest BCUT2D eigenvalue weighted by molar-refractivity contribution is -0.138. The summed E-state index contributed by atoms with van der Waals surface area (Å²) in [5.74, 6) is 5.97. The molecule has 0 N–H and O–H groups in total. The molecule has 0 aromatic heterocycles. The van der Waals surface area contributed by atoms with Gasteiger partial charge in [-0.2, -0.15) is 0 Å². The second-order valence-electron chi connectivity index (χ2n) is 17.6. The SMILES string of the molecule is CC.CC.CCC(C)C(=O)CC(C)(C)C.CCC(C)C(=O)CC1(C)C2CC3CC(C2)CC1C3.CCC(C)C(=O)CC1(C)CCCCC1. The van der Waals surface area contributed by atoms with Crippen LogP contribution >= 0.6 is 0 Å². The second-order valence-corrected chi connectivity index (χ2v) is 17.6. The maximum atomic E-state index is 12.4. The predicted molar refractivity (Wildman–Crippen MR) is 206 cm³/mol. The zero-order valence-corrected chi connectivity index (χ0v) is 34.6. The number of hydrogen-bond acceptors (Lipinski definition) is 3. The number of Topliss-reactive ketones (excluding diaryl/α,β-unsaturated/α-hetero) is 3. The van der Waals surface area contributed by atoms with E-state index in [1.165, 1.54) is 64.2 Å². The number of ketones is 3. The summed E-state index contributed by atoms with van der Waals surface area (Å²) in [6.07, 6.45) is 19.1. The van der Waals surface area contributed by atoms with Crippen LogP contribution in [0.4, 0.5) is 0 Å². The fourth-order valence-corrected chi connectivity index (χ4v) is 8.66. The van der Waals surface area contributed by atoms with Gasteiger partial charge in [0.15, 0.2) is 0 Å². The molecule has 3 nitrogen and oxygen atoms in total. The highest BCUT2D eigenvalue weighted by molar-refractivity contribution is 5.82. The molecule has 5 fully saturated rings. The topological polar surface area (TPSA) is 51.2 Å². The highest BCUT2D eigenvalue weighted by Gasteiger charge is 2.55. The summed E-state index contributed by atoms with van der Waals surface area (Å²) >= 11 is 0. The summed E-state index contributed by atoms with van der Waals surface area (Å²) in [5.41, 5.74) is 0.840. The van der Waals surface area contributed by atoms with Crippen molar-refractivity contribution in [3.8, 4) is 0 Å². The minimum atomic E-state index is 0.153. The molecule has 0 radical (unpaired) electrons. The number of hydrogen-bond donors (Lipinski definition) is 0. The van der Waals surface area contributed by atoms with Crippen LogP contribution in [0.15, 0.2) is 0 Å². The van der Waals surface area contributed by atoms with E-state index in [2.05, 4.69) is 69.2 Å². The van der Waals surface area contributed by atoms with Crippen LogP contribution in [0.25, 0.3) is 0 Å². The summed E-state index contributed by atoms with van der Waals surface area (Å²) in [7, 11) is 0. The molecule has 0 saturated heterocycles. The molecule has 3 atom stereocenters. The third-order valence-electron chi connectivity index (χ3n) is 12.4. The highest BCUT2D eigenvalue weighted by atomic mass is 16.1. The van der Waals surface area contributed by atoms with E-state index in [9.17, 15) is 14.4 Å². The largest absolute Gasteiger partial charge is 0.299 e. The van der Waals surface area contributed by atoms with Gasteiger partial charge in [0.05, 0.1) is 0 Å². The van der Waals surface area contributed by atoms with Gasteiger partial charge in [-0.3, -0.25) is 14.4 Å². The van der Waals surface area contributed by atoms with Crippen LogP contribution in [0.2, 0.25) is 0 Å². The van der Waals surface area contributed by atoms with Gasteiger partial charge in [-0.25, -0.2) is 0 Å². The minimum absolute atomic E-state index is 0.153. The zero-order valence-electron chi connectivity index (χ0n) is 34.6. The van der Waals surface area contributed by atoms with Crippen molar-refractivity contribution < 1.29 is 14.4 Å².